The molecular formula is C25H26N2O5. The number of nitrogens with zero attached hydrogens (tertiary/aromatic N) is 2. The van der Waals surface area contributed by atoms with Crippen LogP contribution in [0.1, 0.15) is 30.1 Å². The minimum absolute atomic E-state index is 0.197. The van der Waals surface area contributed by atoms with Crippen molar-refractivity contribution in [2.75, 3.05) is 26.8 Å². The molecule has 1 amide bonds. The van der Waals surface area contributed by atoms with Gasteiger partial charge in [0.1, 0.15) is 5.75 Å². The van der Waals surface area contributed by atoms with E-state index in [0.29, 0.717) is 53.9 Å². The standard InChI is InChI=1S/C25H26N2O5/c1-3-32-25(30)17-7-6-14-26(15-17)23(28)22-16-27(18-10-12-19(31-2)13-11-18)24(29)21-9-5-4-8-20(21)22/h4-5,8-13,16-17H,3,6-7,14-15H2,1-2H3/t17-/m1/s1. The summed E-state index contributed by atoms with van der Waals surface area (Å²) in [5.74, 6) is -0.112. The van der Waals surface area contributed by atoms with Gasteiger partial charge in [-0.2, -0.15) is 0 Å². The van der Waals surface area contributed by atoms with Gasteiger partial charge in [0.2, 0.25) is 0 Å². The number of hydrogen-bond acceptors (Lipinski definition) is 5. The van der Waals surface area contributed by atoms with Crippen LogP contribution in [-0.4, -0.2) is 48.1 Å². The summed E-state index contributed by atoms with van der Waals surface area (Å²) in [6.07, 6.45) is 3.03. The summed E-state index contributed by atoms with van der Waals surface area (Å²) in [5.41, 5.74) is 0.865. The molecule has 2 aromatic carbocycles. The first-order valence-electron chi connectivity index (χ1n) is 10.8. The van der Waals surface area contributed by atoms with Gasteiger partial charge in [0.25, 0.3) is 11.5 Å². The third-order valence-corrected chi connectivity index (χ3v) is 5.83. The van der Waals surface area contributed by atoms with Gasteiger partial charge in [-0.3, -0.25) is 19.0 Å². The number of fused-ring (bicyclic) bond motifs is 1. The van der Waals surface area contributed by atoms with Crippen LogP contribution in [0.2, 0.25) is 0 Å². The Balaban J connectivity index is 1.76. The summed E-state index contributed by atoms with van der Waals surface area (Å²) in [5, 5.41) is 1.07. The summed E-state index contributed by atoms with van der Waals surface area (Å²) in [6, 6.07) is 14.2. The fourth-order valence-corrected chi connectivity index (χ4v) is 4.18. The van der Waals surface area contributed by atoms with Crippen molar-refractivity contribution in [2.24, 2.45) is 5.92 Å². The number of aromatic nitrogens is 1. The summed E-state index contributed by atoms with van der Waals surface area (Å²) < 4.78 is 11.9. The quantitative estimate of drug-likeness (QED) is 0.575. The molecule has 0 aliphatic carbocycles. The van der Waals surface area contributed by atoms with Crippen LogP contribution >= 0.6 is 0 Å². The molecule has 0 saturated carbocycles. The summed E-state index contributed by atoms with van der Waals surface area (Å²) in [7, 11) is 1.58. The van der Waals surface area contributed by atoms with Gasteiger partial charge in [0, 0.05) is 35.7 Å². The second-order valence-corrected chi connectivity index (χ2v) is 7.80. The van der Waals surface area contributed by atoms with E-state index in [1.165, 1.54) is 4.57 Å². The normalized spacial score (nSPS) is 16.1. The maximum Gasteiger partial charge on any atom is 0.310 e. The zero-order valence-corrected chi connectivity index (χ0v) is 18.2. The molecule has 1 aliphatic heterocycles. The van der Waals surface area contributed by atoms with Gasteiger partial charge >= 0.3 is 5.97 Å². The topological polar surface area (TPSA) is 77.8 Å². The Labute approximate surface area is 186 Å². The monoisotopic (exact) mass is 434 g/mol. The maximum absolute atomic E-state index is 13.6. The Kier molecular flexibility index (Phi) is 6.25. The van der Waals surface area contributed by atoms with E-state index in [4.69, 9.17) is 9.47 Å². The predicted molar refractivity (Wildman–Crippen MR) is 121 cm³/mol. The number of piperidine rings is 1. The lowest BCUT2D eigenvalue weighted by molar-refractivity contribution is -0.149. The van der Waals surface area contributed by atoms with E-state index in [2.05, 4.69) is 0 Å². The molecule has 7 nitrogen and oxygen atoms in total. The van der Waals surface area contributed by atoms with Crippen molar-refractivity contribution < 1.29 is 19.1 Å². The van der Waals surface area contributed by atoms with E-state index in [1.54, 1.807) is 67.6 Å². The fraction of sp³-hybridized carbons (Fsp3) is 0.320. The lowest BCUT2D eigenvalue weighted by atomic mass is 9.97. The maximum atomic E-state index is 13.6. The minimum Gasteiger partial charge on any atom is -0.497 e. The number of rotatable bonds is 5. The molecule has 2 heterocycles. The molecule has 1 aromatic heterocycles. The van der Waals surface area contributed by atoms with Crippen LogP contribution in [0, 0.1) is 5.92 Å². The SMILES string of the molecule is CCOC(=O)[C@@H]1CCCN(C(=O)c2cn(-c3ccc(OC)cc3)c(=O)c3ccccc23)C1. The van der Waals surface area contributed by atoms with Crippen LogP contribution in [0.5, 0.6) is 5.75 Å². The Morgan fingerprint density at radius 1 is 1.06 bits per heavy atom. The molecule has 1 atom stereocenters. The molecular weight excluding hydrogens is 408 g/mol. The predicted octanol–water partition coefficient (Wildman–Crippen LogP) is 3.41. The van der Waals surface area contributed by atoms with E-state index in [0.717, 1.165) is 6.42 Å². The number of methoxy groups -OCH3 is 1. The summed E-state index contributed by atoms with van der Waals surface area (Å²) in [4.78, 5) is 40.7. The second-order valence-electron chi connectivity index (χ2n) is 7.80. The van der Waals surface area contributed by atoms with Crippen molar-refractivity contribution >= 4 is 22.6 Å². The molecule has 7 heteroatoms. The lowest BCUT2D eigenvalue weighted by Crippen LogP contribution is -2.43. The molecule has 0 spiro atoms. The fourth-order valence-electron chi connectivity index (χ4n) is 4.18. The number of carbonyl (C=O) groups excluding carboxylic acids is 2. The Bertz CT molecular complexity index is 1200. The Hall–Kier alpha value is -3.61. The van der Waals surface area contributed by atoms with Crippen molar-refractivity contribution in [3.05, 3.63) is 70.6 Å². The van der Waals surface area contributed by atoms with E-state index in [1.807, 2.05) is 6.07 Å². The number of likely N-dealkylation sites (tertiary alicyclic amines) is 1. The molecule has 1 aliphatic rings. The molecule has 0 N–H and O–H groups in total. The van der Waals surface area contributed by atoms with E-state index >= 15 is 0 Å². The zero-order chi connectivity index (χ0) is 22.7. The molecule has 1 saturated heterocycles. The summed E-state index contributed by atoms with van der Waals surface area (Å²) >= 11 is 0. The average Bonchev–Trinajstić information content (AvgIpc) is 2.84. The number of ether oxygens (including phenoxy) is 2. The first-order valence-corrected chi connectivity index (χ1v) is 10.8. The van der Waals surface area contributed by atoms with Crippen LogP contribution in [-0.2, 0) is 9.53 Å². The van der Waals surface area contributed by atoms with Crippen molar-refractivity contribution in [3.63, 3.8) is 0 Å². The number of carbonyl (C=O) groups is 2. The highest BCUT2D eigenvalue weighted by atomic mass is 16.5. The van der Waals surface area contributed by atoms with Gasteiger partial charge in [-0.15, -0.1) is 0 Å². The van der Waals surface area contributed by atoms with Gasteiger partial charge in [-0.25, -0.2) is 0 Å². The van der Waals surface area contributed by atoms with E-state index in [9.17, 15) is 14.4 Å². The van der Waals surface area contributed by atoms with Crippen molar-refractivity contribution in [1.29, 1.82) is 0 Å². The highest BCUT2D eigenvalue weighted by Gasteiger charge is 2.31. The third kappa shape index (κ3) is 4.10. The van der Waals surface area contributed by atoms with Gasteiger partial charge in [-0.05, 0) is 50.1 Å². The molecule has 166 valence electrons. The number of hydrogen-bond donors (Lipinski definition) is 0. The molecule has 0 bridgehead atoms. The van der Waals surface area contributed by atoms with E-state index < -0.39 is 0 Å². The van der Waals surface area contributed by atoms with Crippen LogP contribution < -0.4 is 10.3 Å². The minimum atomic E-state index is -0.327. The van der Waals surface area contributed by atoms with Crippen molar-refractivity contribution in [3.8, 4) is 11.4 Å². The van der Waals surface area contributed by atoms with Gasteiger partial charge in [-0.1, -0.05) is 18.2 Å². The third-order valence-electron chi connectivity index (χ3n) is 5.83. The molecule has 32 heavy (non-hydrogen) atoms. The average molecular weight is 434 g/mol. The second kappa shape index (κ2) is 9.26. The number of amides is 1. The molecule has 4 rings (SSSR count). The van der Waals surface area contributed by atoms with E-state index in [-0.39, 0.29) is 23.4 Å². The van der Waals surface area contributed by atoms with Gasteiger partial charge in [0.15, 0.2) is 0 Å². The Morgan fingerprint density at radius 2 is 1.78 bits per heavy atom. The molecule has 0 unspecified atom stereocenters. The molecule has 3 aromatic rings. The number of pyridine rings is 1. The van der Waals surface area contributed by atoms with Crippen LogP contribution in [0.3, 0.4) is 0 Å². The van der Waals surface area contributed by atoms with Crippen LogP contribution in [0.25, 0.3) is 16.5 Å². The Morgan fingerprint density at radius 3 is 2.47 bits per heavy atom. The van der Waals surface area contributed by atoms with Crippen LogP contribution in [0.4, 0.5) is 0 Å². The first kappa shape index (κ1) is 21.6. The zero-order valence-electron chi connectivity index (χ0n) is 18.2. The molecule has 0 radical (unpaired) electrons. The highest BCUT2D eigenvalue weighted by molar-refractivity contribution is 6.06. The smallest absolute Gasteiger partial charge is 0.310 e. The highest BCUT2D eigenvalue weighted by Crippen LogP contribution is 2.24. The van der Waals surface area contributed by atoms with Crippen LogP contribution in [0.15, 0.2) is 59.5 Å². The number of benzene rings is 2. The molecule has 1 fully saturated rings. The van der Waals surface area contributed by atoms with Gasteiger partial charge in [0.05, 0.1) is 25.2 Å². The summed E-state index contributed by atoms with van der Waals surface area (Å²) in [6.45, 7) is 2.97. The largest absolute Gasteiger partial charge is 0.497 e. The van der Waals surface area contributed by atoms with Crippen molar-refractivity contribution in [1.82, 2.24) is 9.47 Å². The number of esters is 1. The van der Waals surface area contributed by atoms with Gasteiger partial charge < -0.3 is 14.4 Å². The first-order chi connectivity index (χ1) is 15.5. The van der Waals surface area contributed by atoms with Crippen molar-refractivity contribution in [2.45, 2.75) is 19.8 Å². The lowest BCUT2D eigenvalue weighted by Gasteiger charge is -2.32.